The van der Waals surface area contributed by atoms with Crippen molar-refractivity contribution in [3.05, 3.63) is 34.9 Å². The zero-order chi connectivity index (χ0) is 12.4. The van der Waals surface area contributed by atoms with Crippen LogP contribution in [0, 0.1) is 5.92 Å². The molecule has 1 aromatic carbocycles. The number of rotatable bonds is 2. The highest BCUT2D eigenvalue weighted by Gasteiger charge is 2.31. The van der Waals surface area contributed by atoms with Crippen molar-refractivity contribution in [3.8, 4) is 0 Å². The van der Waals surface area contributed by atoms with Crippen LogP contribution in [0.15, 0.2) is 24.3 Å². The Balaban J connectivity index is 2.23. The Labute approximate surface area is 111 Å². The molecule has 0 N–H and O–H groups in total. The number of hydrogen-bond donors (Lipinski definition) is 0. The standard InChI is InChI=1S/C13H16ClNOS/c1-9(2)12(16)15-6-7-17-13(15)10-4-3-5-11(14)8-10/h3-5,8-9,13H,6-7H2,1-2H3. The average Bonchev–Trinajstić information content (AvgIpc) is 2.76. The molecule has 1 fully saturated rings. The third-order valence-corrected chi connectivity index (χ3v) is 4.30. The molecule has 0 radical (unpaired) electrons. The fraction of sp³-hybridized carbons (Fsp3) is 0.462. The molecule has 1 aliphatic heterocycles. The fourth-order valence-electron chi connectivity index (χ4n) is 1.96. The number of carbonyl (C=O) groups excluding carboxylic acids is 1. The monoisotopic (exact) mass is 269 g/mol. The smallest absolute Gasteiger partial charge is 0.226 e. The van der Waals surface area contributed by atoms with Crippen molar-refractivity contribution in [1.82, 2.24) is 4.90 Å². The third kappa shape index (κ3) is 2.78. The van der Waals surface area contributed by atoms with Crippen LogP contribution < -0.4 is 0 Å². The van der Waals surface area contributed by atoms with Crippen LogP contribution in [0.1, 0.15) is 24.8 Å². The van der Waals surface area contributed by atoms with Crippen molar-refractivity contribution in [2.45, 2.75) is 19.2 Å². The van der Waals surface area contributed by atoms with E-state index in [9.17, 15) is 4.79 Å². The van der Waals surface area contributed by atoms with Gasteiger partial charge in [0.1, 0.15) is 5.37 Å². The summed E-state index contributed by atoms with van der Waals surface area (Å²) in [6.07, 6.45) is 0. The van der Waals surface area contributed by atoms with E-state index >= 15 is 0 Å². The lowest BCUT2D eigenvalue weighted by atomic mass is 10.1. The summed E-state index contributed by atoms with van der Waals surface area (Å²) in [5.41, 5.74) is 1.12. The molecule has 0 spiro atoms. The lowest BCUT2D eigenvalue weighted by Gasteiger charge is -2.25. The highest BCUT2D eigenvalue weighted by molar-refractivity contribution is 7.99. The molecule has 1 unspecified atom stereocenters. The maximum Gasteiger partial charge on any atom is 0.226 e. The molecule has 1 saturated heterocycles. The van der Waals surface area contributed by atoms with Crippen LogP contribution in [0.25, 0.3) is 0 Å². The van der Waals surface area contributed by atoms with Crippen molar-refractivity contribution >= 4 is 29.3 Å². The summed E-state index contributed by atoms with van der Waals surface area (Å²) >= 11 is 7.80. The van der Waals surface area contributed by atoms with Gasteiger partial charge in [0.15, 0.2) is 0 Å². The molecule has 1 aliphatic rings. The number of carbonyl (C=O) groups is 1. The van der Waals surface area contributed by atoms with Gasteiger partial charge in [-0.2, -0.15) is 0 Å². The van der Waals surface area contributed by atoms with E-state index in [4.69, 9.17) is 11.6 Å². The number of halogens is 1. The Hall–Kier alpha value is -0.670. The van der Waals surface area contributed by atoms with Crippen LogP contribution in [0.4, 0.5) is 0 Å². The first-order chi connectivity index (χ1) is 8.09. The first-order valence-electron chi connectivity index (χ1n) is 5.77. The van der Waals surface area contributed by atoms with Gasteiger partial charge in [-0.25, -0.2) is 0 Å². The highest BCUT2D eigenvalue weighted by Crippen LogP contribution is 2.39. The van der Waals surface area contributed by atoms with E-state index in [0.717, 1.165) is 22.9 Å². The molecule has 92 valence electrons. The summed E-state index contributed by atoms with van der Waals surface area (Å²) in [6.45, 7) is 4.72. The Morgan fingerprint density at radius 1 is 1.53 bits per heavy atom. The van der Waals surface area contributed by atoms with Crippen LogP contribution in [-0.4, -0.2) is 23.1 Å². The molecule has 1 atom stereocenters. The SMILES string of the molecule is CC(C)C(=O)N1CCSC1c1cccc(Cl)c1. The second kappa shape index (κ2) is 5.32. The minimum Gasteiger partial charge on any atom is -0.326 e. The van der Waals surface area contributed by atoms with Gasteiger partial charge in [0, 0.05) is 23.2 Å². The molecule has 0 saturated carbocycles. The third-order valence-electron chi connectivity index (χ3n) is 2.80. The van der Waals surface area contributed by atoms with Crippen molar-refractivity contribution in [3.63, 3.8) is 0 Å². The van der Waals surface area contributed by atoms with Gasteiger partial charge in [-0.3, -0.25) is 4.79 Å². The van der Waals surface area contributed by atoms with Crippen molar-refractivity contribution in [2.24, 2.45) is 5.92 Å². The second-order valence-corrected chi connectivity index (χ2v) is 6.09. The number of thioether (sulfide) groups is 1. The molecule has 1 heterocycles. The number of amides is 1. The van der Waals surface area contributed by atoms with Gasteiger partial charge < -0.3 is 4.90 Å². The van der Waals surface area contributed by atoms with Gasteiger partial charge in [-0.05, 0) is 17.7 Å². The van der Waals surface area contributed by atoms with Crippen LogP contribution in [0.3, 0.4) is 0 Å². The van der Waals surface area contributed by atoms with Crippen LogP contribution >= 0.6 is 23.4 Å². The van der Waals surface area contributed by atoms with E-state index in [0.29, 0.717) is 0 Å². The minimum atomic E-state index is 0.0513. The van der Waals surface area contributed by atoms with Gasteiger partial charge >= 0.3 is 0 Å². The van der Waals surface area contributed by atoms with Crippen molar-refractivity contribution in [2.75, 3.05) is 12.3 Å². The molecule has 4 heteroatoms. The molecule has 1 aromatic rings. The van der Waals surface area contributed by atoms with E-state index in [2.05, 4.69) is 0 Å². The summed E-state index contributed by atoms with van der Waals surface area (Å²) in [5, 5.41) is 0.857. The maximum absolute atomic E-state index is 12.1. The van der Waals surface area contributed by atoms with Crippen molar-refractivity contribution in [1.29, 1.82) is 0 Å². The van der Waals surface area contributed by atoms with Gasteiger partial charge in [-0.15, -0.1) is 11.8 Å². The first-order valence-corrected chi connectivity index (χ1v) is 7.20. The van der Waals surface area contributed by atoms with E-state index < -0.39 is 0 Å². The summed E-state index contributed by atoms with van der Waals surface area (Å²) < 4.78 is 0. The molecular formula is C13H16ClNOS. The molecule has 2 rings (SSSR count). The maximum atomic E-state index is 12.1. The number of benzene rings is 1. The van der Waals surface area contributed by atoms with Crippen LogP contribution in [0.2, 0.25) is 5.02 Å². The van der Waals surface area contributed by atoms with Gasteiger partial charge in [0.2, 0.25) is 5.91 Å². The van der Waals surface area contributed by atoms with Crippen molar-refractivity contribution < 1.29 is 4.79 Å². The number of hydrogen-bond acceptors (Lipinski definition) is 2. The predicted molar refractivity (Wildman–Crippen MR) is 73.2 cm³/mol. The van der Waals surface area contributed by atoms with E-state index in [-0.39, 0.29) is 17.2 Å². The van der Waals surface area contributed by atoms with Gasteiger partial charge in [0.25, 0.3) is 0 Å². The first kappa shape index (κ1) is 12.8. The highest BCUT2D eigenvalue weighted by atomic mass is 35.5. The second-order valence-electron chi connectivity index (χ2n) is 4.46. The normalized spacial score (nSPS) is 20.0. The van der Waals surface area contributed by atoms with E-state index in [1.807, 2.05) is 43.0 Å². The summed E-state index contributed by atoms with van der Waals surface area (Å²) in [5.74, 6) is 1.27. The Kier molecular flexibility index (Phi) is 4.00. The zero-order valence-electron chi connectivity index (χ0n) is 10.0. The van der Waals surface area contributed by atoms with E-state index in [1.165, 1.54) is 0 Å². The Bertz CT molecular complexity index is 422. The molecule has 1 amide bonds. The molecular weight excluding hydrogens is 254 g/mol. The number of nitrogens with zero attached hydrogens (tertiary/aromatic N) is 1. The minimum absolute atomic E-state index is 0.0513. The average molecular weight is 270 g/mol. The Morgan fingerprint density at radius 3 is 2.94 bits per heavy atom. The molecule has 0 bridgehead atoms. The molecule has 0 aromatic heterocycles. The fourth-order valence-corrected chi connectivity index (χ4v) is 3.42. The largest absolute Gasteiger partial charge is 0.326 e. The summed E-state index contributed by atoms with van der Waals surface area (Å²) in [7, 11) is 0. The zero-order valence-corrected chi connectivity index (χ0v) is 11.6. The Morgan fingerprint density at radius 2 is 2.29 bits per heavy atom. The molecule has 0 aliphatic carbocycles. The topological polar surface area (TPSA) is 20.3 Å². The predicted octanol–water partition coefficient (Wildman–Crippen LogP) is 3.57. The lowest BCUT2D eigenvalue weighted by Crippen LogP contribution is -2.33. The van der Waals surface area contributed by atoms with Crippen LogP contribution in [0.5, 0.6) is 0 Å². The van der Waals surface area contributed by atoms with Gasteiger partial charge in [0.05, 0.1) is 0 Å². The summed E-state index contributed by atoms with van der Waals surface area (Å²) in [4.78, 5) is 14.1. The molecule has 2 nitrogen and oxygen atoms in total. The summed E-state index contributed by atoms with van der Waals surface area (Å²) in [6, 6.07) is 7.79. The lowest BCUT2D eigenvalue weighted by molar-refractivity contribution is -0.134. The van der Waals surface area contributed by atoms with E-state index in [1.54, 1.807) is 11.8 Å². The van der Waals surface area contributed by atoms with Crippen LogP contribution in [-0.2, 0) is 4.79 Å². The molecule has 17 heavy (non-hydrogen) atoms. The quantitative estimate of drug-likeness (QED) is 0.818. The van der Waals surface area contributed by atoms with Gasteiger partial charge in [-0.1, -0.05) is 37.6 Å².